The molecule has 0 radical (unpaired) electrons. The lowest BCUT2D eigenvalue weighted by Gasteiger charge is -2.39. The third kappa shape index (κ3) is 3.52. The average molecular weight is 402 g/mol. The Hall–Kier alpha value is -3.10. The lowest BCUT2D eigenvalue weighted by molar-refractivity contribution is -0.146. The van der Waals surface area contributed by atoms with Crippen LogP contribution in [0.15, 0.2) is 35.5 Å². The highest BCUT2D eigenvalue weighted by Crippen LogP contribution is 2.40. The normalized spacial score (nSPS) is 21.8. The first-order chi connectivity index (χ1) is 13.9. The Balaban J connectivity index is 1.50. The van der Waals surface area contributed by atoms with Crippen molar-refractivity contribution >= 4 is 11.8 Å². The van der Waals surface area contributed by atoms with Crippen LogP contribution in [-0.2, 0) is 11.3 Å². The van der Waals surface area contributed by atoms with Crippen LogP contribution in [0.3, 0.4) is 0 Å². The summed E-state index contributed by atoms with van der Waals surface area (Å²) in [4.78, 5) is 47.1. The van der Waals surface area contributed by atoms with E-state index < -0.39 is 28.5 Å². The van der Waals surface area contributed by atoms with Crippen LogP contribution in [0.1, 0.15) is 35.2 Å². The fourth-order valence-corrected chi connectivity index (χ4v) is 4.25. The zero-order valence-corrected chi connectivity index (χ0v) is 15.7. The highest BCUT2D eigenvalue weighted by atomic mass is 19.2. The maximum absolute atomic E-state index is 13.5. The fourth-order valence-electron chi connectivity index (χ4n) is 4.25. The second-order valence-electron chi connectivity index (χ2n) is 7.63. The van der Waals surface area contributed by atoms with Crippen LogP contribution in [0.5, 0.6) is 0 Å². The molecule has 2 aliphatic rings. The highest BCUT2D eigenvalue weighted by molar-refractivity contribution is 5.95. The minimum absolute atomic E-state index is 0.0496. The van der Waals surface area contributed by atoms with Crippen molar-refractivity contribution in [3.63, 3.8) is 0 Å². The third-order valence-electron chi connectivity index (χ3n) is 5.77. The van der Waals surface area contributed by atoms with Gasteiger partial charge in [-0.2, -0.15) is 0 Å². The molecular formula is C20H20F2N4O3. The smallest absolute Gasteiger partial charge is 0.263 e. The maximum Gasteiger partial charge on any atom is 0.263 e. The van der Waals surface area contributed by atoms with Gasteiger partial charge in [0.1, 0.15) is 5.56 Å². The molecule has 2 fully saturated rings. The molecule has 0 aliphatic carbocycles. The van der Waals surface area contributed by atoms with E-state index in [-0.39, 0.29) is 24.6 Å². The number of benzene rings is 1. The van der Waals surface area contributed by atoms with E-state index in [0.717, 1.165) is 18.6 Å². The van der Waals surface area contributed by atoms with E-state index in [1.54, 1.807) is 4.90 Å². The molecule has 152 valence electrons. The number of aromatic amines is 1. The van der Waals surface area contributed by atoms with Crippen molar-refractivity contribution in [1.82, 2.24) is 19.8 Å². The largest absolute Gasteiger partial charge is 0.338 e. The molecule has 3 heterocycles. The van der Waals surface area contributed by atoms with Crippen molar-refractivity contribution in [2.75, 3.05) is 19.6 Å². The summed E-state index contributed by atoms with van der Waals surface area (Å²) < 4.78 is 26.7. The standard InChI is InChI=1S/C20H20F2N4O3/c21-15-3-2-13(8-16(15)22)10-25-6-1-4-20(19(25)29)5-7-26(11-20)18(28)14-9-23-12-24-17(14)27/h2-3,8-9,12H,1,4-7,10-11H2,(H,23,24,27)/t20-/m1/s1. The van der Waals surface area contributed by atoms with E-state index in [0.29, 0.717) is 31.5 Å². The molecule has 1 N–H and O–H groups in total. The molecule has 0 unspecified atom stereocenters. The van der Waals surface area contributed by atoms with E-state index >= 15 is 0 Å². The van der Waals surface area contributed by atoms with Gasteiger partial charge >= 0.3 is 0 Å². The Morgan fingerprint density at radius 3 is 2.76 bits per heavy atom. The number of aromatic nitrogens is 2. The Morgan fingerprint density at radius 1 is 1.17 bits per heavy atom. The number of amides is 2. The molecule has 9 heteroatoms. The minimum atomic E-state index is -0.944. The van der Waals surface area contributed by atoms with Gasteiger partial charge in [0.2, 0.25) is 5.91 Å². The van der Waals surface area contributed by atoms with Crippen LogP contribution in [0.2, 0.25) is 0 Å². The molecule has 29 heavy (non-hydrogen) atoms. The number of halogens is 2. The number of likely N-dealkylation sites (tertiary alicyclic amines) is 2. The van der Waals surface area contributed by atoms with Gasteiger partial charge < -0.3 is 14.8 Å². The predicted octanol–water partition coefficient (Wildman–Crippen LogP) is 1.70. The Bertz CT molecular complexity index is 1020. The molecule has 2 amide bonds. The molecule has 2 aliphatic heterocycles. The third-order valence-corrected chi connectivity index (χ3v) is 5.77. The summed E-state index contributed by atoms with van der Waals surface area (Å²) in [6.07, 6.45) is 4.35. The van der Waals surface area contributed by atoms with Crippen LogP contribution in [0.25, 0.3) is 0 Å². The number of rotatable bonds is 3. The molecule has 1 aromatic heterocycles. The summed E-state index contributed by atoms with van der Waals surface area (Å²) in [6, 6.07) is 3.62. The fraction of sp³-hybridized carbons (Fsp3) is 0.400. The molecule has 1 spiro atoms. The van der Waals surface area contributed by atoms with Gasteiger partial charge in [-0.15, -0.1) is 0 Å². The van der Waals surface area contributed by atoms with Gasteiger partial charge in [-0.25, -0.2) is 13.8 Å². The summed E-state index contributed by atoms with van der Waals surface area (Å²) in [7, 11) is 0. The topological polar surface area (TPSA) is 86.4 Å². The van der Waals surface area contributed by atoms with E-state index in [9.17, 15) is 23.2 Å². The van der Waals surface area contributed by atoms with Crippen LogP contribution in [-0.4, -0.2) is 51.2 Å². The minimum Gasteiger partial charge on any atom is -0.338 e. The van der Waals surface area contributed by atoms with Crippen molar-refractivity contribution in [1.29, 1.82) is 0 Å². The molecule has 4 rings (SSSR count). The van der Waals surface area contributed by atoms with Crippen molar-refractivity contribution in [3.05, 3.63) is 63.8 Å². The van der Waals surface area contributed by atoms with Crippen molar-refractivity contribution in [2.24, 2.45) is 5.41 Å². The van der Waals surface area contributed by atoms with Gasteiger partial charge in [0.25, 0.3) is 11.5 Å². The quantitative estimate of drug-likeness (QED) is 0.847. The van der Waals surface area contributed by atoms with Crippen LogP contribution < -0.4 is 5.56 Å². The van der Waals surface area contributed by atoms with Crippen LogP contribution in [0, 0.1) is 17.0 Å². The predicted molar refractivity (Wildman–Crippen MR) is 98.8 cm³/mol. The molecule has 1 aromatic carbocycles. The maximum atomic E-state index is 13.5. The summed E-state index contributed by atoms with van der Waals surface area (Å²) in [5.41, 5.74) is -0.754. The lowest BCUT2D eigenvalue weighted by atomic mass is 9.78. The van der Waals surface area contributed by atoms with Gasteiger partial charge in [-0.1, -0.05) is 6.07 Å². The summed E-state index contributed by atoms with van der Waals surface area (Å²) in [5.74, 6) is -2.41. The number of hydrogen-bond donors (Lipinski definition) is 1. The second kappa shape index (κ2) is 7.38. The zero-order chi connectivity index (χ0) is 20.6. The van der Waals surface area contributed by atoms with Crippen LogP contribution >= 0.6 is 0 Å². The van der Waals surface area contributed by atoms with Gasteiger partial charge in [0.15, 0.2) is 11.6 Å². The van der Waals surface area contributed by atoms with Gasteiger partial charge in [0.05, 0.1) is 11.7 Å². The monoisotopic (exact) mass is 402 g/mol. The van der Waals surface area contributed by atoms with Crippen molar-refractivity contribution in [3.8, 4) is 0 Å². The number of nitrogens with zero attached hydrogens (tertiary/aromatic N) is 3. The zero-order valence-electron chi connectivity index (χ0n) is 15.7. The number of piperidine rings is 1. The first-order valence-corrected chi connectivity index (χ1v) is 9.45. The second-order valence-corrected chi connectivity index (χ2v) is 7.63. The molecule has 2 saturated heterocycles. The Kier molecular flexibility index (Phi) is 4.89. The number of H-pyrrole nitrogens is 1. The first kappa shape index (κ1) is 19.2. The van der Waals surface area contributed by atoms with Gasteiger partial charge in [-0.05, 0) is 37.0 Å². The summed E-state index contributed by atoms with van der Waals surface area (Å²) in [6.45, 7) is 1.31. The lowest BCUT2D eigenvalue weighted by Crippen LogP contribution is -2.50. The number of hydrogen-bond acceptors (Lipinski definition) is 4. The van der Waals surface area contributed by atoms with Gasteiger partial charge in [-0.3, -0.25) is 14.4 Å². The average Bonchev–Trinajstić information content (AvgIpc) is 3.13. The molecule has 7 nitrogen and oxygen atoms in total. The number of carbonyl (C=O) groups excluding carboxylic acids is 2. The van der Waals surface area contributed by atoms with Crippen molar-refractivity contribution in [2.45, 2.75) is 25.8 Å². The highest BCUT2D eigenvalue weighted by Gasteiger charge is 2.49. The summed E-state index contributed by atoms with van der Waals surface area (Å²) in [5, 5.41) is 0. The number of nitrogens with one attached hydrogen (secondary N) is 1. The molecule has 0 saturated carbocycles. The number of carbonyl (C=O) groups is 2. The molecular weight excluding hydrogens is 382 g/mol. The van der Waals surface area contributed by atoms with E-state index in [1.165, 1.54) is 23.5 Å². The van der Waals surface area contributed by atoms with Crippen molar-refractivity contribution < 1.29 is 18.4 Å². The van der Waals surface area contributed by atoms with Gasteiger partial charge in [0, 0.05) is 32.4 Å². The summed E-state index contributed by atoms with van der Waals surface area (Å²) >= 11 is 0. The molecule has 0 bridgehead atoms. The van der Waals surface area contributed by atoms with Crippen LogP contribution in [0.4, 0.5) is 8.78 Å². The first-order valence-electron chi connectivity index (χ1n) is 9.45. The SMILES string of the molecule is O=C(c1cnc[nH]c1=O)N1CC[C@]2(CCCN(Cc3ccc(F)c(F)c3)C2=O)C1. The van der Waals surface area contributed by atoms with E-state index in [2.05, 4.69) is 9.97 Å². The molecule has 1 atom stereocenters. The Labute approximate surface area is 165 Å². The van der Waals surface area contributed by atoms with E-state index in [4.69, 9.17) is 0 Å². The Morgan fingerprint density at radius 2 is 2.00 bits per heavy atom. The molecule has 2 aromatic rings. The van der Waals surface area contributed by atoms with E-state index in [1.807, 2.05) is 0 Å².